The Morgan fingerprint density at radius 1 is 1.28 bits per heavy atom. The Labute approximate surface area is 210 Å². The maximum atomic E-state index is 12.2. The van der Waals surface area contributed by atoms with Crippen molar-refractivity contribution in [2.75, 3.05) is 13.9 Å². The van der Waals surface area contributed by atoms with Crippen LogP contribution < -0.4 is 4.74 Å². The molecular weight excluding hydrogens is 468 g/mol. The van der Waals surface area contributed by atoms with E-state index in [-0.39, 0.29) is 24.0 Å². The first kappa shape index (κ1) is 27.8. The van der Waals surface area contributed by atoms with Crippen LogP contribution in [0.4, 0.5) is 0 Å². The minimum Gasteiger partial charge on any atom is -0.478 e. The summed E-state index contributed by atoms with van der Waals surface area (Å²) in [5.74, 6) is -2.01. The smallest absolute Gasteiger partial charge is 0.340 e. The van der Waals surface area contributed by atoms with Crippen molar-refractivity contribution in [3.8, 4) is 5.75 Å². The standard InChI is InChI=1S/C26H36N2O8/c1-15(16(2)29)10-11-19(30)24-20(35-26(3,4)36-24)9-7-8-17-22(25(31)32)21(34-14-33-6)12-18-23(17)27-13-28(18)5/h7-8,10-13,15-16,19-20,24,29-30H,9,14H2,1-6H3,(H,31,32)/b8-7+,11-10-/t15-,16+,19?,20+,24-/m1/s1. The minimum absolute atomic E-state index is 0.0231. The van der Waals surface area contributed by atoms with Crippen molar-refractivity contribution < 1.29 is 39.1 Å². The van der Waals surface area contributed by atoms with E-state index in [1.54, 1.807) is 62.0 Å². The molecule has 0 radical (unpaired) electrons. The second-order valence-corrected chi connectivity index (χ2v) is 9.49. The molecule has 0 bridgehead atoms. The van der Waals surface area contributed by atoms with Gasteiger partial charge in [0.2, 0.25) is 0 Å². The van der Waals surface area contributed by atoms with Crippen molar-refractivity contribution >= 4 is 23.1 Å². The fourth-order valence-electron chi connectivity index (χ4n) is 4.10. The summed E-state index contributed by atoms with van der Waals surface area (Å²) in [6, 6.07) is 1.63. The molecule has 0 amide bonds. The Balaban J connectivity index is 1.90. The molecule has 1 aromatic heterocycles. The van der Waals surface area contributed by atoms with Crippen molar-refractivity contribution in [2.24, 2.45) is 13.0 Å². The van der Waals surface area contributed by atoms with Gasteiger partial charge in [-0.15, -0.1) is 0 Å². The van der Waals surface area contributed by atoms with E-state index in [4.69, 9.17) is 18.9 Å². The summed E-state index contributed by atoms with van der Waals surface area (Å²) in [7, 11) is 3.27. The van der Waals surface area contributed by atoms with E-state index < -0.39 is 36.2 Å². The second kappa shape index (κ2) is 11.5. The van der Waals surface area contributed by atoms with Crippen molar-refractivity contribution in [1.29, 1.82) is 0 Å². The van der Waals surface area contributed by atoms with Gasteiger partial charge in [0.15, 0.2) is 12.6 Å². The number of aromatic carboxylic acids is 1. The van der Waals surface area contributed by atoms with Gasteiger partial charge in [0.25, 0.3) is 0 Å². The molecule has 1 fully saturated rings. The quantitative estimate of drug-likeness (QED) is 0.312. The van der Waals surface area contributed by atoms with Gasteiger partial charge in [-0.05, 0) is 33.1 Å². The Bertz CT molecular complexity index is 1120. The summed E-state index contributed by atoms with van der Waals surface area (Å²) < 4.78 is 24.3. The number of carbonyl (C=O) groups is 1. The van der Waals surface area contributed by atoms with Crippen LogP contribution in [0.25, 0.3) is 17.1 Å². The molecule has 1 unspecified atom stereocenters. The number of carboxylic acid groups (broad SMARTS) is 1. The predicted octanol–water partition coefficient (Wildman–Crippen LogP) is 3.11. The average Bonchev–Trinajstić information content (AvgIpc) is 3.33. The molecule has 1 aliphatic heterocycles. The lowest BCUT2D eigenvalue weighted by Gasteiger charge is -2.20. The molecule has 1 saturated heterocycles. The number of benzene rings is 1. The van der Waals surface area contributed by atoms with E-state index in [1.807, 2.05) is 14.0 Å². The Hall–Kier alpha value is -2.76. The lowest BCUT2D eigenvalue weighted by molar-refractivity contribution is -0.152. The monoisotopic (exact) mass is 504 g/mol. The largest absolute Gasteiger partial charge is 0.478 e. The molecule has 10 heteroatoms. The average molecular weight is 505 g/mol. The van der Waals surface area contributed by atoms with Crippen LogP contribution in [-0.2, 0) is 21.3 Å². The number of aryl methyl sites for hydroxylation is 1. The van der Waals surface area contributed by atoms with Crippen LogP contribution in [0.1, 0.15) is 50.0 Å². The first-order chi connectivity index (χ1) is 16.9. The molecule has 10 nitrogen and oxygen atoms in total. The van der Waals surface area contributed by atoms with Crippen LogP contribution in [0.3, 0.4) is 0 Å². The van der Waals surface area contributed by atoms with E-state index in [0.717, 1.165) is 0 Å². The van der Waals surface area contributed by atoms with Gasteiger partial charge in [-0.1, -0.05) is 31.2 Å². The number of rotatable bonds is 11. The van der Waals surface area contributed by atoms with Gasteiger partial charge in [-0.3, -0.25) is 0 Å². The molecule has 0 spiro atoms. The number of imidazole rings is 1. The summed E-state index contributed by atoms with van der Waals surface area (Å²) in [5.41, 5.74) is 1.60. The van der Waals surface area contributed by atoms with Gasteiger partial charge < -0.3 is 38.8 Å². The number of hydrogen-bond donors (Lipinski definition) is 3. The number of ether oxygens (including phenoxy) is 4. The molecule has 1 aliphatic rings. The number of nitrogens with zero attached hydrogens (tertiary/aromatic N) is 2. The first-order valence-electron chi connectivity index (χ1n) is 11.8. The zero-order valence-electron chi connectivity index (χ0n) is 21.5. The molecule has 2 heterocycles. The maximum Gasteiger partial charge on any atom is 0.340 e. The highest BCUT2D eigenvalue weighted by Gasteiger charge is 2.43. The second-order valence-electron chi connectivity index (χ2n) is 9.49. The summed E-state index contributed by atoms with van der Waals surface area (Å²) in [4.78, 5) is 16.6. The van der Waals surface area contributed by atoms with Gasteiger partial charge in [-0.2, -0.15) is 0 Å². The summed E-state index contributed by atoms with van der Waals surface area (Å²) in [5, 5.41) is 30.4. The van der Waals surface area contributed by atoms with Gasteiger partial charge in [-0.25, -0.2) is 9.78 Å². The first-order valence-corrected chi connectivity index (χ1v) is 11.8. The van der Waals surface area contributed by atoms with Crippen molar-refractivity contribution in [2.45, 2.75) is 64.3 Å². The van der Waals surface area contributed by atoms with Gasteiger partial charge in [0.1, 0.15) is 23.5 Å². The number of fused-ring (bicyclic) bond motifs is 1. The number of aliphatic hydroxyl groups is 2. The number of aliphatic hydroxyl groups excluding tert-OH is 2. The third-order valence-electron chi connectivity index (χ3n) is 6.15. The molecule has 198 valence electrons. The Morgan fingerprint density at radius 3 is 2.64 bits per heavy atom. The molecule has 0 aliphatic carbocycles. The molecule has 1 aromatic carbocycles. The lowest BCUT2D eigenvalue weighted by Crippen LogP contribution is -2.34. The van der Waals surface area contributed by atoms with Crippen LogP contribution in [0.5, 0.6) is 5.75 Å². The van der Waals surface area contributed by atoms with E-state index in [9.17, 15) is 20.1 Å². The fourth-order valence-corrected chi connectivity index (χ4v) is 4.10. The highest BCUT2D eigenvalue weighted by molar-refractivity contribution is 6.03. The molecule has 3 N–H and O–H groups in total. The summed E-state index contributed by atoms with van der Waals surface area (Å²) in [6.45, 7) is 6.99. The fraction of sp³-hybridized carbons (Fsp3) is 0.538. The van der Waals surface area contributed by atoms with E-state index >= 15 is 0 Å². The van der Waals surface area contributed by atoms with Crippen LogP contribution in [-0.4, -0.2) is 74.9 Å². The maximum absolute atomic E-state index is 12.2. The van der Waals surface area contributed by atoms with Crippen LogP contribution in [0.2, 0.25) is 0 Å². The molecule has 3 rings (SSSR count). The van der Waals surface area contributed by atoms with E-state index in [1.165, 1.54) is 7.11 Å². The zero-order chi connectivity index (χ0) is 26.6. The van der Waals surface area contributed by atoms with Crippen molar-refractivity contribution in [1.82, 2.24) is 9.55 Å². The molecule has 36 heavy (non-hydrogen) atoms. The predicted molar refractivity (Wildman–Crippen MR) is 134 cm³/mol. The third-order valence-corrected chi connectivity index (χ3v) is 6.15. The third kappa shape index (κ3) is 6.32. The molecular formula is C26H36N2O8. The summed E-state index contributed by atoms with van der Waals surface area (Å²) in [6.07, 6.45) is 6.16. The topological polar surface area (TPSA) is 132 Å². The molecule has 0 saturated carbocycles. The van der Waals surface area contributed by atoms with Gasteiger partial charge >= 0.3 is 5.97 Å². The Kier molecular flexibility index (Phi) is 8.91. The molecule has 5 atom stereocenters. The Morgan fingerprint density at radius 2 is 2.00 bits per heavy atom. The highest BCUT2D eigenvalue weighted by atomic mass is 16.8. The van der Waals surface area contributed by atoms with E-state index in [2.05, 4.69) is 4.98 Å². The number of aromatic nitrogens is 2. The number of carboxylic acids is 1. The molecule has 2 aromatic rings. The van der Waals surface area contributed by atoms with Crippen molar-refractivity contribution in [3.05, 3.63) is 41.7 Å². The highest BCUT2D eigenvalue weighted by Crippen LogP contribution is 2.34. The number of hydrogen-bond acceptors (Lipinski definition) is 8. The summed E-state index contributed by atoms with van der Waals surface area (Å²) >= 11 is 0. The normalized spacial score (nSPS) is 22.4. The van der Waals surface area contributed by atoms with Gasteiger partial charge in [0.05, 0.1) is 29.6 Å². The van der Waals surface area contributed by atoms with Crippen LogP contribution in [0, 0.1) is 5.92 Å². The van der Waals surface area contributed by atoms with Crippen LogP contribution >= 0.6 is 0 Å². The van der Waals surface area contributed by atoms with Crippen molar-refractivity contribution in [3.63, 3.8) is 0 Å². The van der Waals surface area contributed by atoms with E-state index in [0.29, 0.717) is 23.0 Å². The zero-order valence-corrected chi connectivity index (χ0v) is 21.5. The SMILES string of the molecule is COCOc1cc2c(ncn2C)c(/C=C/C[C@@H]2OC(C)(C)O[C@@H]2C(O)/C=C\[C@@H](C)[C@H](C)O)c1C(=O)O. The van der Waals surface area contributed by atoms with Crippen LogP contribution in [0.15, 0.2) is 30.6 Å². The van der Waals surface area contributed by atoms with Gasteiger partial charge in [0, 0.05) is 25.8 Å². The lowest BCUT2D eigenvalue weighted by atomic mass is 9.99. The minimum atomic E-state index is -1.15. The number of methoxy groups -OCH3 is 1.